The van der Waals surface area contributed by atoms with Gasteiger partial charge in [0.25, 0.3) is 11.8 Å². The number of rotatable bonds is 7. The number of hydrogen-bond acceptors (Lipinski definition) is 5. The van der Waals surface area contributed by atoms with Crippen molar-refractivity contribution in [3.8, 4) is 18.1 Å². The van der Waals surface area contributed by atoms with Gasteiger partial charge >= 0.3 is 0 Å². The Morgan fingerprint density at radius 3 is 2.59 bits per heavy atom. The Labute approximate surface area is 177 Å². The molecule has 0 bridgehead atoms. The van der Waals surface area contributed by atoms with E-state index in [1.807, 2.05) is 6.07 Å². The summed E-state index contributed by atoms with van der Waals surface area (Å²) in [6.07, 6.45) is 4.16. The zero-order valence-electron chi connectivity index (χ0n) is 15.3. The predicted molar refractivity (Wildman–Crippen MR) is 110 cm³/mol. The molecule has 0 aromatic heterocycles. The Hall–Kier alpha value is -2.87. The highest BCUT2D eigenvalue weighted by Crippen LogP contribution is 2.18. The number of hydrogen-bond donors (Lipinski definition) is 3. The molecule has 0 aliphatic carbocycles. The Balaban J connectivity index is 1.97. The normalized spacial score (nSPS) is 11.8. The van der Waals surface area contributed by atoms with Crippen LogP contribution in [0.4, 0.5) is 0 Å². The first-order valence-electron chi connectivity index (χ1n) is 8.28. The zero-order chi connectivity index (χ0) is 21.4. The summed E-state index contributed by atoms with van der Waals surface area (Å²) in [7, 11) is -3.84. The van der Waals surface area contributed by atoms with Crippen molar-refractivity contribution in [2.45, 2.75) is 17.9 Å². The molecular weight excluding hydrogens is 462 g/mol. The lowest BCUT2D eigenvalue weighted by Gasteiger charge is -2.15. The molecule has 2 aromatic carbocycles. The lowest BCUT2D eigenvalue weighted by molar-refractivity contribution is -0.128. The first-order valence-corrected chi connectivity index (χ1v) is 10.6. The van der Waals surface area contributed by atoms with Gasteiger partial charge in [-0.1, -0.05) is 34.0 Å². The van der Waals surface area contributed by atoms with Crippen molar-refractivity contribution in [2.24, 2.45) is 0 Å². The number of benzene rings is 2. The monoisotopic (exact) mass is 479 g/mol. The molecule has 0 radical (unpaired) electrons. The fourth-order valence-electron chi connectivity index (χ4n) is 2.11. The van der Waals surface area contributed by atoms with Crippen LogP contribution in [-0.2, 0) is 14.8 Å². The van der Waals surface area contributed by atoms with Gasteiger partial charge in [-0.15, -0.1) is 6.42 Å². The van der Waals surface area contributed by atoms with Crippen molar-refractivity contribution in [3.63, 3.8) is 0 Å². The lowest BCUT2D eigenvalue weighted by Crippen LogP contribution is -2.47. The molecule has 10 heteroatoms. The van der Waals surface area contributed by atoms with Crippen LogP contribution in [0.1, 0.15) is 17.3 Å². The van der Waals surface area contributed by atoms with Gasteiger partial charge in [-0.3, -0.25) is 20.4 Å². The van der Waals surface area contributed by atoms with E-state index in [1.165, 1.54) is 31.2 Å². The average molecular weight is 480 g/mol. The standard InChI is InChI=1S/C19H18BrN3O5S/c1-3-10-21-29(26,27)17-9-4-6-14(11-17)19(25)23-22-18(24)13(2)28-16-8-5-7-15(20)12-16/h1,4-9,11-13,21H,10H2,2H3,(H,22,24)(H,23,25). The number of nitrogens with one attached hydrogen (secondary N) is 3. The number of hydrazine groups is 1. The lowest BCUT2D eigenvalue weighted by atomic mass is 10.2. The molecular formula is C19H18BrN3O5S. The Morgan fingerprint density at radius 2 is 1.90 bits per heavy atom. The number of carbonyl (C=O) groups is 2. The van der Waals surface area contributed by atoms with Gasteiger partial charge < -0.3 is 4.74 Å². The van der Waals surface area contributed by atoms with Gasteiger partial charge in [-0.2, -0.15) is 4.72 Å². The molecule has 2 amide bonds. The van der Waals surface area contributed by atoms with Crippen LogP contribution in [0.2, 0.25) is 0 Å². The summed E-state index contributed by atoms with van der Waals surface area (Å²) in [5, 5.41) is 0. The second-order valence-electron chi connectivity index (χ2n) is 5.72. The molecule has 0 spiro atoms. The van der Waals surface area contributed by atoms with Crippen LogP contribution in [0.3, 0.4) is 0 Å². The summed E-state index contributed by atoms with van der Waals surface area (Å²) in [6.45, 7) is 1.34. The SMILES string of the molecule is C#CCNS(=O)(=O)c1cccc(C(=O)NNC(=O)C(C)Oc2cccc(Br)c2)c1. The van der Waals surface area contributed by atoms with Crippen LogP contribution in [0.25, 0.3) is 0 Å². The smallest absolute Gasteiger partial charge is 0.279 e. The summed E-state index contributed by atoms with van der Waals surface area (Å²) in [5.41, 5.74) is 4.50. The number of sulfonamides is 1. The molecule has 8 nitrogen and oxygen atoms in total. The van der Waals surface area contributed by atoms with E-state index in [-0.39, 0.29) is 17.0 Å². The Morgan fingerprint density at radius 1 is 1.17 bits per heavy atom. The number of terminal acetylenes is 1. The van der Waals surface area contributed by atoms with E-state index in [9.17, 15) is 18.0 Å². The van der Waals surface area contributed by atoms with Crippen molar-refractivity contribution >= 4 is 37.8 Å². The van der Waals surface area contributed by atoms with Crippen LogP contribution in [0.5, 0.6) is 5.75 Å². The van der Waals surface area contributed by atoms with Gasteiger partial charge in [0.1, 0.15) is 5.75 Å². The molecule has 0 saturated heterocycles. The zero-order valence-corrected chi connectivity index (χ0v) is 17.7. The predicted octanol–water partition coefficient (Wildman–Crippen LogP) is 1.59. The van der Waals surface area contributed by atoms with Crippen LogP contribution in [0.15, 0.2) is 57.9 Å². The van der Waals surface area contributed by atoms with Gasteiger partial charge in [0, 0.05) is 10.0 Å². The van der Waals surface area contributed by atoms with E-state index in [0.29, 0.717) is 5.75 Å². The van der Waals surface area contributed by atoms with Gasteiger partial charge in [0.15, 0.2) is 6.10 Å². The maximum absolute atomic E-state index is 12.2. The third-order valence-corrected chi connectivity index (χ3v) is 5.44. The number of amides is 2. The van der Waals surface area contributed by atoms with Gasteiger partial charge in [0.05, 0.1) is 11.4 Å². The van der Waals surface area contributed by atoms with Crippen molar-refractivity contribution in [3.05, 3.63) is 58.6 Å². The molecule has 29 heavy (non-hydrogen) atoms. The highest BCUT2D eigenvalue weighted by Gasteiger charge is 2.18. The summed E-state index contributed by atoms with van der Waals surface area (Å²) >= 11 is 3.30. The van der Waals surface area contributed by atoms with Crippen LogP contribution >= 0.6 is 15.9 Å². The van der Waals surface area contributed by atoms with E-state index in [0.717, 1.165) is 4.47 Å². The molecule has 0 saturated carbocycles. The Kier molecular flexibility index (Phi) is 7.78. The minimum absolute atomic E-state index is 0.0365. The molecule has 2 aromatic rings. The van der Waals surface area contributed by atoms with Crippen LogP contribution in [0, 0.1) is 12.3 Å². The van der Waals surface area contributed by atoms with E-state index >= 15 is 0 Å². The second kappa shape index (κ2) is 10.1. The molecule has 152 valence electrons. The van der Waals surface area contributed by atoms with E-state index in [4.69, 9.17) is 11.2 Å². The maximum Gasteiger partial charge on any atom is 0.279 e. The maximum atomic E-state index is 12.2. The molecule has 2 rings (SSSR count). The van der Waals surface area contributed by atoms with Gasteiger partial charge in [-0.25, -0.2) is 8.42 Å². The van der Waals surface area contributed by atoms with Gasteiger partial charge in [-0.05, 0) is 43.3 Å². The minimum Gasteiger partial charge on any atom is -0.481 e. The fraction of sp³-hybridized carbons (Fsp3) is 0.158. The van der Waals surface area contributed by atoms with Crippen molar-refractivity contribution in [1.82, 2.24) is 15.6 Å². The molecule has 3 N–H and O–H groups in total. The molecule has 0 aliphatic heterocycles. The topological polar surface area (TPSA) is 114 Å². The third-order valence-electron chi connectivity index (χ3n) is 3.55. The molecule has 1 atom stereocenters. The average Bonchev–Trinajstić information content (AvgIpc) is 2.70. The Bertz CT molecular complexity index is 1050. The van der Waals surface area contributed by atoms with Crippen molar-refractivity contribution in [1.29, 1.82) is 0 Å². The minimum atomic E-state index is -3.84. The van der Waals surface area contributed by atoms with Crippen LogP contribution < -0.4 is 20.3 Å². The summed E-state index contributed by atoms with van der Waals surface area (Å²) < 4.78 is 32.7. The highest BCUT2D eigenvalue weighted by atomic mass is 79.9. The largest absolute Gasteiger partial charge is 0.481 e. The van der Waals surface area contributed by atoms with E-state index in [2.05, 4.69) is 37.4 Å². The number of carbonyl (C=O) groups excluding carboxylic acids is 2. The van der Waals surface area contributed by atoms with Crippen molar-refractivity contribution < 1.29 is 22.7 Å². The second-order valence-corrected chi connectivity index (χ2v) is 8.40. The van der Waals surface area contributed by atoms with Crippen molar-refractivity contribution in [2.75, 3.05) is 6.54 Å². The molecule has 0 aliphatic rings. The molecule has 0 fully saturated rings. The van der Waals surface area contributed by atoms with E-state index < -0.39 is 27.9 Å². The summed E-state index contributed by atoms with van der Waals surface area (Å²) in [4.78, 5) is 24.2. The first kappa shape index (κ1) is 22.4. The number of halogens is 1. The van der Waals surface area contributed by atoms with E-state index in [1.54, 1.807) is 18.2 Å². The third kappa shape index (κ3) is 6.60. The van der Waals surface area contributed by atoms with Crippen LogP contribution in [-0.4, -0.2) is 32.9 Å². The summed E-state index contributed by atoms with van der Waals surface area (Å²) in [5.74, 6) is 1.36. The fourth-order valence-corrected chi connectivity index (χ4v) is 3.47. The summed E-state index contributed by atoms with van der Waals surface area (Å²) in [6, 6.07) is 12.3. The number of ether oxygens (including phenoxy) is 1. The molecule has 1 unspecified atom stereocenters. The first-order chi connectivity index (χ1) is 13.7. The highest BCUT2D eigenvalue weighted by molar-refractivity contribution is 9.10. The quantitative estimate of drug-likeness (QED) is 0.412. The van der Waals surface area contributed by atoms with Gasteiger partial charge in [0.2, 0.25) is 10.0 Å². The molecule has 0 heterocycles.